The second-order valence-corrected chi connectivity index (χ2v) is 7.88. The lowest BCUT2D eigenvalue weighted by molar-refractivity contribution is -0.136. The fourth-order valence-corrected chi connectivity index (χ4v) is 4.32. The summed E-state index contributed by atoms with van der Waals surface area (Å²) in [6.07, 6.45) is 18.7. The van der Waals surface area contributed by atoms with Gasteiger partial charge in [0.05, 0.1) is 6.10 Å². The van der Waals surface area contributed by atoms with Crippen LogP contribution in [0.5, 0.6) is 0 Å². The van der Waals surface area contributed by atoms with Crippen LogP contribution in [-0.4, -0.2) is 28.1 Å². The van der Waals surface area contributed by atoms with Gasteiger partial charge in [0.15, 0.2) is 0 Å². The summed E-state index contributed by atoms with van der Waals surface area (Å²) in [6.45, 7) is 0. The van der Waals surface area contributed by atoms with E-state index in [1.807, 2.05) is 18.2 Å². The molecule has 0 aromatic carbocycles. The molecule has 0 bridgehead atoms. The minimum atomic E-state index is -0.780. The van der Waals surface area contributed by atoms with Crippen molar-refractivity contribution in [3.8, 4) is 0 Å². The Hall–Kier alpha value is -1.42. The van der Waals surface area contributed by atoms with Gasteiger partial charge >= 0.3 is 5.97 Å². The van der Waals surface area contributed by atoms with Gasteiger partial charge in [-0.15, -0.1) is 0 Å². The summed E-state index contributed by atoms with van der Waals surface area (Å²) in [4.78, 5) is 22.7. The van der Waals surface area contributed by atoms with E-state index in [1.54, 1.807) is 0 Å². The van der Waals surface area contributed by atoms with E-state index in [-0.39, 0.29) is 24.4 Å². The number of carbonyl (C=O) groups excluding carboxylic acids is 1. The number of carbonyl (C=O) groups is 2. The summed E-state index contributed by atoms with van der Waals surface area (Å²) in [7, 11) is 0. The van der Waals surface area contributed by atoms with Gasteiger partial charge in [-0.2, -0.15) is 0 Å². The lowest BCUT2D eigenvalue weighted by Gasteiger charge is -2.19. The van der Waals surface area contributed by atoms with E-state index in [4.69, 9.17) is 5.11 Å². The first-order valence-electron chi connectivity index (χ1n) is 10.3. The van der Waals surface area contributed by atoms with Gasteiger partial charge < -0.3 is 10.2 Å². The number of aliphatic carboxylic acids is 1. The number of hydrogen-bond donors (Lipinski definition) is 2. The predicted molar refractivity (Wildman–Crippen MR) is 103 cm³/mol. The Morgan fingerprint density at radius 3 is 2.46 bits per heavy atom. The molecule has 2 N–H and O–H groups in total. The lowest BCUT2D eigenvalue weighted by Crippen LogP contribution is -2.18. The monoisotopic (exact) mass is 362 g/mol. The van der Waals surface area contributed by atoms with Crippen molar-refractivity contribution in [3.63, 3.8) is 0 Å². The highest BCUT2D eigenvalue weighted by Crippen LogP contribution is 2.34. The molecule has 0 saturated heterocycles. The number of carboxylic acid groups (broad SMARTS) is 1. The standard InChI is InChI=1S/C22H34O4/c23-20(18-9-5-1-2-6-10-18)15-13-17-14-16-21(24)19(17)11-7-3-4-8-12-22(25)26/h3-4,13,15,17-20,23H,1-2,5-12,14,16H2,(H,25,26)/b4-3-,15-13+. The molecule has 0 aliphatic heterocycles. The van der Waals surface area contributed by atoms with E-state index in [0.29, 0.717) is 24.5 Å². The lowest BCUT2D eigenvalue weighted by atomic mass is 9.88. The van der Waals surface area contributed by atoms with Crippen LogP contribution in [-0.2, 0) is 9.59 Å². The molecule has 0 heterocycles. The van der Waals surface area contributed by atoms with E-state index in [0.717, 1.165) is 32.1 Å². The molecule has 2 aliphatic rings. The number of ketones is 1. The molecule has 0 spiro atoms. The molecule has 2 aliphatic carbocycles. The molecule has 3 unspecified atom stereocenters. The van der Waals surface area contributed by atoms with Crippen molar-refractivity contribution in [1.82, 2.24) is 0 Å². The second kappa shape index (κ2) is 11.3. The van der Waals surface area contributed by atoms with Crippen molar-refractivity contribution in [1.29, 1.82) is 0 Å². The number of Topliss-reactive ketones (excluding diaryl/α,β-unsaturated/α-hetero) is 1. The van der Waals surface area contributed by atoms with Crippen LogP contribution in [0.3, 0.4) is 0 Å². The smallest absolute Gasteiger partial charge is 0.303 e. The summed E-state index contributed by atoms with van der Waals surface area (Å²) in [6, 6.07) is 0. The number of aliphatic hydroxyl groups excluding tert-OH is 1. The molecule has 0 aromatic rings. The van der Waals surface area contributed by atoms with E-state index < -0.39 is 5.97 Å². The average molecular weight is 363 g/mol. The molecular formula is C22H34O4. The zero-order valence-electron chi connectivity index (χ0n) is 15.8. The van der Waals surface area contributed by atoms with Crippen LogP contribution in [0.15, 0.2) is 24.3 Å². The topological polar surface area (TPSA) is 74.6 Å². The molecular weight excluding hydrogens is 328 g/mol. The Morgan fingerprint density at radius 1 is 1.08 bits per heavy atom. The van der Waals surface area contributed by atoms with Crippen LogP contribution in [0, 0.1) is 17.8 Å². The number of rotatable bonds is 9. The molecule has 2 rings (SSSR count). The van der Waals surface area contributed by atoms with E-state index in [2.05, 4.69) is 6.08 Å². The summed E-state index contributed by atoms with van der Waals surface area (Å²) in [5, 5.41) is 19.1. The summed E-state index contributed by atoms with van der Waals surface area (Å²) in [5.74, 6) is 0.231. The fraction of sp³-hybridized carbons (Fsp3) is 0.727. The molecule has 146 valence electrons. The fourth-order valence-electron chi connectivity index (χ4n) is 4.32. The number of allylic oxidation sites excluding steroid dienone is 3. The van der Waals surface area contributed by atoms with Crippen molar-refractivity contribution >= 4 is 11.8 Å². The first kappa shape index (κ1) is 20.9. The summed E-state index contributed by atoms with van der Waals surface area (Å²) >= 11 is 0. The Balaban J connectivity index is 1.79. The highest BCUT2D eigenvalue weighted by molar-refractivity contribution is 5.83. The molecule has 4 heteroatoms. The third-order valence-electron chi connectivity index (χ3n) is 5.93. The van der Waals surface area contributed by atoms with Crippen LogP contribution >= 0.6 is 0 Å². The minimum Gasteiger partial charge on any atom is -0.481 e. The van der Waals surface area contributed by atoms with Gasteiger partial charge in [0.25, 0.3) is 0 Å². The number of aliphatic hydroxyl groups is 1. The molecule has 4 nitrogen and oxygen atoms in total. The summed E-state index contributed by atoms with van der Waals surface area (Å²) in [5.41, 5.74) is 0. The zero-order valence-corrected chi connectivity index (χ0v) is 15.8. The normalized spacial score (nSPS) is 26.6. The Labute approximate surface area is 157 Å². The third kappa shape index (κ3) is 7.06. The van der Waals surface area contributed by atoms with Gasteiger partial charge in [0.2, 0.25) is 0 Å². The van der Waals surface area contributed by atoms with Crippen molar-refractivity contribution in [3.05, 3.63) is 24.3 Å². The molecule has 2 fully saturated rings. The van der Waals surface area contributed by atoms with Gasteiger partial charge in [-0.1, -0.05) is 50.0 Å². The molecule has 2 saturated carbocycles. The quantitative estimate of drug-likeness (QED) is 0.462. The Morgan fingerprint density at radius 2 is 1.77 bits per heavy atom. The van der Waals surface area contributed by atoms with Crippen molar-refractivity contribution in [2.45, 2.75) is 83.2 Å². The Bertz CT molecular complexity index is 500. The van der Waals surface area contributed by atoms with Crippen LogP contribution in [0.1, 0.15) is 77.0 Å². The van der Waals surface area contributed by atoms with Crippen LogP contribution in [0.2, 0.25) is 0 Å². The Kier molecular flexibility index (Phi) is 9.10. The molecule has 0 aromatic heterocycles. The van der Waals surface area contributed by atoms with Crippen LogP contribution < -0.4 is 0 Å². The van der Waals surface area contributed by atoms with Crippen molar-refractivity contribution in [2.75, 3.05) is 0 Å². The van der Waals surface area contributed by atoms with E-state index in [9.17, 15) is 14.7 Å². The molecule has 0 radical (unpaired) electrons. The maximum Gasteiger partial charge on any atom is 0.303 e. The van der Waals surface area contributed by atoms with Gasteiger partial charge in [0, 0.05) is 18.8 Å². The predicted octanol–water partition coefficient (Wildman–Crippen LogP) is 4.67. The highest BCUT2D eigenvalue weighted by Gasteiger charge is 2.32. The van der Waals surface area contributed by atoms with Crippen molar-refractivity contribution in [2.24, 2.45) is 17.8 Å². The molecule has 26 heavy (non-hydrogen) atoms. The van der Waals surface area contributed by atoms with Gasteiger partial charge in [0.1, 0.15) is 5.78 Å². The van der Waals surface area contributed by atoms with Gasteiger partial charge in [-0.25, -0.2) is 0 Å². The van der Waals surface area contributed by atoms with E-state index >= 15 is 0 Å². The summed E-state index contributed by atoms with van der Waals surface area (Å²) < 4.78 is 0. The largest absolute Gasteiger partial charge is 0.481 e. The number of carboxylic acids is 1. The highest BCUT2D eigenvalue weighted by atomic mass is 16.4. The first-order valence-corrected chi connectivity index (χ1v) is 10.3. The van der Waals surface area contributed by atoms with Crippen molar-refractivity contribution < 1.29 is 19.8 Å². The molecule has 3 atom stereocenters. The van der Waals surface area contributed by atoms with Crippen LogP contribution in [0.4, 0.5) is 0 Å². The van der Waals surface area contributed by atoms with Gasteiger partial charge in [-0.05, 0) is 50.4 Å². The zero-order chi connectivity index (χ0) is 18.8. The number of hydrogen-bond acceptors (Lipinski definition) is 3. The maximum atomic E-state index is 12.2. The van der Waals surface area contributed by atoms with Crippen LogP contribution in [0.25, 0.3) is 0 Å². The first-order chi connectivity index (χ1) is 12.6. The SMILES string of the molecule is O=C(O)CC/C=C\CCC1C(=O)CCC1/C=C/C(O)C1CCCCCC1. The maximum absolute atomic E-state index is 12.2. The minimum absolute atomic E-state index is 0.0525. The second-order valence-electron chi connectivity index (χ2n) is 7.88. The van der Waals surface area contributed by atoms with Gasteiger partial charge in [-0.3, -0.25) is 9.59 Å². The average Bonchev–Trinajstić information content (AvgIpc) is 2.81. The third-order valence-corrected chi connectivity index (χ3v) is 5.93. The molecule has 0 amide bonds. The van der Waals surface area contributed by atoms with E-state index in [1.165, 1.54) is 25.7 Å².